The van der Waals surface area contributed by atoms with Crippen molar-refractivity contribution in [3.05, 3.63) is 65.4 Å². The molecule has 1 aliphatic carbocycles. The summed E-state index contributed by atoms with van der Waals surface area (Å²) >= 11 is 0. The van der Waals surface area contributed by atoms with Gasteiger partial charge >= 0.3 is 0 Å². The minimum Gasteiger partial charge on any atom is -0.339 e. The molecular formula is C35H44N8O2. The molecule has 2 saturated heterocycles. The Bertz CT molecular complexity index is 1570. The smallest absolute Gasteiger partial charge is 0.260 e. The summed E-state index contributed by atoms with van der Waals surface area (Å²) in [6.07, 6.45) is 8.25. The minimum atomic E-state index is -0.0590. The third kappa shape index (κ3) is 5.77. The highest BCUT2D eigenvalue weighted by Gasteiger charge is 2.35. The lowest BCUT2D eigenvalue weighted by atomic mass is 10.0. The highest BCUT2D eigenvalue weighted by molar-refractivity contribution is 6.13. The zero-order valence-electron chi connectivity index (χ0n) is 26.7. The number of piperazine rings is 1. The van der Waals surface area contributed by atoms with E-state index in [0.717, 1.165) is 101 Å². The van der Waals surface area contributed by atoms with Gasteiger partial charge in [-0.3, -0.25) is 14.5 Å². The molecule has 0 radical (unpaired) electrons. The third-order valence-corrected chi connectivity index (χ3v) is 10.3. The van der Waals surface area contributed by atoms with E-state index in [0.29, 0.717) is 28.8 Å². The highest BCUT2D eigenvalue weighted by atomic mass is 16.2. The first-order valence-electron chi connectivity index (χ1n) is 16.5. The van der Waals surface area contributed by atoms with Crippen molar-refractivity contribution in [2.75, 3.05) is 68.5 Å². The molecule has 236 valence electrons. The van der Waals surface area contributed by atoms with Crippen LogP contribution in [0.2, 0.25) is 0 Å². The van der Waals surface area contributed by atoms with E-state index in [1.165, 1.54) is 0 Å². The SMILES string of the molecule is Cc1cc(C(=O)N2CCC(N3CCN(C)CC3)CC2)ccc1Nc1ncc2c(n1)N(C1CCCC1)c1ccccc1C(=O)N2C. The lowest BCUT2D eigenvalue weighted by Gasteiger charge is -2.42. The van der Waals surface area contributed by atoms with Gasteiger partial charge in [-0.15, -0.1) is 0 Å². The van der Waals surface area contributed by atoms with Gasteiger partial charge in [0.05, 0.1) is 17.4 Å². The number of likely N-dealkylation sites (tertiary alicyclic amines) is 1. The molecule has 3 aliphatic heterocycles. The first kappa shape index (κ1) is 29.7. The van der Waals surface area contributed by atoms with E-state index in [1.807, 2.05) is 54.3 Å². The van der Waals surface area contributed by atoms with Gasteiger partial charge in [-0.1, -0.05) is 25.0 Å². The standard InChI is InChI=1S/C35H44N8O2/c1-24-22-25(33(44)42-16-14-26(15-17-42)41-20-18-39(2)19-21-41)12-13-29(24)37-35-36-23-31-32(38-35)43(27-8-4-5-9-27)30-11-7-6-10-28(30)34(45)40(31)3/h6-7,10-13,22-23,26-27H,4-5,8-9,14-21H2,1-3H3,(H,36,37,38). The molecule has 1 N–H and O–H groups in total. The quantitative estimate of drug-likeness (QED) is 0.431. The molecule has 1 aromatic heterocycles. The van der Waals surface area contributed by atoms with Crippen molar-refractivity contribution in [3.63, 3.8) is 0 Å². The van der Waals surface area contributed by atoms with Crippen LogP contribution in [-0.2, 0) is 0 Å². The molecular weight excluding hydrogens is 564 g/mol. The van der Waals surface area contributed by atoms with E-state index >= 15 is 0 Å². The normalized spacial score (nSPS) is 20.2. The summed E-state index contributed by atoms with van der Waals surface area (Å²) in [5, 5.41) is 3.41. The molecule has 4 heterocycles. The lowest BCUT2D eigenvalue weighted by molar-refractivity contribution is 0.0518. The minimum absolute atomic E-state index is 0.0590. The Morgan fingerprint density at radius 2 is 1.60 bits per heavy atom. The van der Waals surface area contributed by atoms with Crippen molar-refractivity contribution in [1.82, 2.24) is 24.7 Å². The van der Waals surface area contributed by atoms with Crippen LogP contribution < -0.4 is 15.1 Å². The van der Waals surface area contributed by atoms with Crippen LogP contribution in [0.3, 0.4) is 0 Å². The third-order valence-electron chi connectivity index (χ3n) is 10.3. The van der Waals surface area contributed by atoms with Gasteiger partial charge in [0.25, 0.3) is 11.8 Å². The molecule has 0 atom stereocenters. The molecule has 3 fully saturated rings. The van der Waals surface area contributed by atoms with Crippen LogP contribution in [0.5, 0.6) is 0 Å². The number of rotatable bonds is 5. The number of hydrogen-bond acceptors (Lipinski definition) is 8. The number of piperidine rings is 1. The van der Waals surface area contributed by atoms with Crippen molar-refractivity contribution in [3.8, 4) is 0 Å². The molecule has 0 bridgehead atoms. The monoisotopic (exact) mass is 608 g/mol. The zero-order chi connectivity index (χ0) is 31.1. The molecule has 2 amide bonds. The molecule has 0 spiro atoms. The van der Waals surface area contributed by atoms with Gasteiger partial charge in [-0.25, -0.2) is 4.98 Å². The number of nitrogens with zero attached hydrogens (tertiary/aromatic N) is 7. The molecule has 1 saturated carbocycles. The topological polar surface area (TPSA) is 88.1 Å². The highest BCUT2D eigenvalue weighted by Crippen LogP contribution is 2.43. The molecule has 4 aliphatic rings. The average molecular weight is 609 g/mol. The Labute approximate surface area is 266 Å². The summed E-state index contributed by atoms with van der Waals surface area (Å²) in [5.74, 6) is 1.24. The molecule has 2 aromatic carbocycles. The number of likely N-dealkylation sites (N-methyl/N-ethyl adjacent to an activating group) is 1. The summed E-state index contributed by atoms with van der Waals surface area (Å²) in [6, 6.07) is 14.5. The number of carbonyl (C=O) groups excluding carboxylic acids is 2. The first-order valence-corrected chi connectivity index (χ1v) is 16.5. The van der Waals surface area contributed by atoms with Crippen molar-refractivity contribution >= 4 is 40.6 Å². The zero-order valence-corrected chi connectivity index (χ0v) is 26.7. The van der Waals surface area contributed by atoms with Crippen LogP contribution >= 0.6 is 0 Å². The number of hydrogen-bond donors (Lipinski definition) is 1. The fourth-order valence-corrected chi connectivity index (χ4v) is 7.50. The van der Waals surface area contributed by atoms with E-state index in [-0.39, 0.29) is 17.9 Å². The summed E-state index contributed by atoms with van der Waals surface area (Å²) in [5.41, 5.74) is 4.80. The maximum Gasteiger partial charge on any atom is 0.260 e. The predicted octanol–water partition coefficient (Wildman–Crippen LogP) is 5.05. The fourth-order valence-electron chi connectivity index (χ4n) is 7.50. The van der Waals surface area contributed by atoms with E-state index in [1.54, 1.807) is 18.1 Å². The number of nitrogens with one attached hydrogen (secondary N) is 1. The molecule has 0 unspecified atom stereocenters. The van der Waals surface area contributed by atoms with Crippen molar-refractivity contribution < 1.29 is 9.59 Å². The maximum absolute atomic E-state index is 13.5. The number of fused-ring (bicyclic) bond motifs is 2. The number of anilines is 5. The number of amides is 2. The molecule has 45 heavy (non-hydrogen) atoms. The Kier molecular flexibility index (Phi) is 8.18. The van der Waals surface area contributed by atoms with Gasteiger partial charge < -0.3 is 24.9 Å². The summed E-state index contributed by atoms with van der Waals surface area (Å²) in [7, 11) is 3.98. The van der Waals surface area contributed by atoms with Crippen LogP contribution in [0.4, 0.5) is 28.8 Å². The Balaban J connectivity index is 1.09. The van der Waals surface area contributed by atoms with Gasteiger partial charge in [-0.05, 0) is 75.5 Å². The molecule has 7 rings (SSSR count). The van der Waals surface area contributed by atoms with Crippen LogP contribution in [0.1, 0.15) is 64.8 Å². The van der Waals surface area contributed by atoms with E-state index < -0.39 is 0 Å². The lowest BCUT2D eigenvalue weighted by Crippen LogP contribution is -2.52. The number of carbonyl (C=O) groups is 2. The van der Waals surface area contributed by atoms with E-state index in [2.05, 4.69) is 32.0 Å². The number of aromatic nitrogens is 2. The van der Waals surface area contributed by atoms with E-state index in [4.69, 9.17) is 4.98 Å². The fraction of sp³-hybridized carbons (Fsp3) is 0.486. The Hall–Kier alpha value is -4.02. The van der Waals surface area contributed by atoms with Crippen molar-refractivity contribution in [2.24, 2.45) is 0 Å². The van der Waals surface area contributed by atoms with Gasteiger partial charge in [0.1, 0.15) is 5.69 Å². The van der Waals surface area contributed by atoms with Gasteiger partial charge in [-0.2, -0.15) is 4.98 Å². The number of para-hydroxylation sites is 1. The molecule has 3 aromatic rings. The van der Waals surface area contributed by atoms with Crippen LogP contribution in [0, 0.1) is 6.92 Å². The van der Waals surface area contributed by atoms with Crippen LogP contribution in [-0.4, -0.2) is 102 Å². The summed E-state index contributed by atoms with van der Waals surface area (Å²) < 4.78 is 0. The predicted molar refractivity (Wildman–Crippen MR) is 178 cm³/mol. The molecule has 10 heteroatoms. The van der Waals surface area contributed by atoms with E-state index in [9.17, 15) is 9.59 Å². The number of aryl methyl sites for hydroxylation is 1. The Morgan fingerprint density at radius 3 is 2.33 bits per heavy atom. The Morgan fingerprint density at radius 1 is 0.867 bits per heavy atom. The van der Waals surface area contributed by atoms with Gasteiger partial charge in [0, 0.05) is 69.7 Å². The first-order chi connectivity index (χ1) is 21.9. The summed E-state index contributed by atoms with van der Waals surface area (Å²) in [4.78, 5) is 47.5. The maximum atomic E-state index is 13.5. The van der Waals surface area contributed by atoms with Crippen LogP contribution in [0.25, 0.3) is 0 Å². The number of benzene rings is 2. The second-order valence-electron chi connectivity index (χ2n) is 13.1. The van der Waals surface area contributed by atoms with Crippen molar-refractivity contribution in [1.29, 1.82) is 0 Å². The largest absolute Gasteiger partial charge is 0.339 e. The second-order valence-corrected chi connectivity index (χ2v) is 13.1. The van der Waals surface area contributed by atoms with Gasteiger partial charge in [0.2, 0.25) is 5.95 Å². The van der Waals surface area contributed by atoms with Crippen molar-refractivity contribution in [2.45, 2.75) is 57.5 Å². The van der Waals surface area contributed by atoms with Crippen LogP contribution in [0.15, 0.2) is 48.7 Å². The van der Waals surface area contributed by atoms with Gasteiger partial charge in [0.15, 0.2) is 5.82 Å². The average Bonchev–Trinajstić information content (AvgIpc) is 3.58. The second kappa shape index (κ2) is 12.4. The molecule has 10 nitrogen and oxygen atoms in total. The summed E-state index contributed by atoms with van der Waals surface area (Å²) in [6.45, 7) is 8.10.